The average molecular weight is 531 g/mol. The number of ether oxygens (including phenoxy) is 1. The molecule has 0 aliphatic heterocycles. The molecule has 1 atom stereocenters. The van der Waals surface area contributed by atoms with E-state index in [2.05, 4.69) is 20.6 Å². The lowest BCUT2D eigenvalue weighted by Crippen LogP contribution is -2.51. The summed E-state index contributed by atoms with van der Waals surface area (Å²) in [6.45, 7) is 9.55. The van der Waals surface area contributed by atoms with Gasteiger partial charge in [0.05, 0.1) is 21.8 Å². The summed E-state index contributed by atoms with van der Waals surface area (Å²) in [7, 11) is 0. The number of esters is 1. The van der Waals surface area contributed by atoms with Crippen molar-refractivity contribution in [2.75, 3.05) is 5.32 Å². The number of aromatic nitrogens is 2. The third-order valence-corrected chi connectivity index (χ3v) is 6.52. The van der Waals surface area contributed by atoms with Gasteiger partial charge < -0.3 is 25.6 Å². The molecule has 1 aliphatic rings. The lowest BCUT2D eigenvalue weighted by Gasteiger charge is -2.34. The monoisotopic (exact) mass is 530 g/mol. The molecule has 4 N–H and O–H groups in total. The van der Waals surface area contributed by atoms with E-state index in [1.54, 1.807) is 34.6 Å². The largest absolute Gasteiger partial charge is 0.506 e. The number of carbonyl (C=O) groups excluding carboxylic acids is 3. The fourth-order valence-corrected chi connectivity index (χ4v) is 5.04. The van der Waals surface area contributed by atoms with E-state index < -0.39 is 34.9 Å². The fourth-order valence-electron chi connectivity index (χ4n) is 4.01. The van der Waals surface area contributed by atoms with Gasteiger partial charge in [-0.3, -0.25) is 19.4 Å². The number of aryl methyl sites for hydroxylation is 1. The predicted molar refractivity (Wildman–Crippen MR) is 137 cm³/mol. The highest BCUT2D eigenvalue weighted by Crippen LogP contribution is 2.37. The first kappa shape index (κ1) is 27.8. The number of aliphatic hydroxyl groups excluding tert-OH is 1. The van der Waals surface area contributed by atoms with Gasteiger partial charge >= 0.3 is 12.1 Å². The fraction of sp³-hybridized carbons (Fsp3) is 0.440. The minimum Gasteiger partial charge on any atom is -0.506 e. The zero-order chi connectivity index (χ0) is 27.7. The molecule has 0 saturated heterocycles. The molecule has 0 bridgehead atoms. The number of hydrogen-bond acceptors (Lipinski definition) is 9. The maximum absolute atomic E-state index is 13.2. The highest BCUT2D eigenvalue weighted by atomic mass is 32.1. The van der Waals surface area contributed by atoms with Gasteiger partial charge in [0.2, 0.25) is 5.91 Å². The first-order valence-corrected chi connectivity index (χ1v) is 12.3. The van der Waals surface area contributed by atoms with Crippen LogP contribution in [-0.4, -0.2) is 55.1 Å². The van der Waals surface area contributed by atoms with Crippen molar-refractivity contribution in [1.82, 2.24) is 15.3 Å². The molecule has 0 radical (unpaired) electrons. The van der Waals surface area contributed by atoms with Crippen LogP contribution in [0.1, 0.15) is 80.5 Å². The van der Waals surface area contributed by atoms with Crippen LogP contribution in [0.4, 0.5) is 9.93 Å². The lowest BCUT2D eigenvalue weighted by atomic mass is 9.84. The standard InChI is InChI=1S/C25H30N4O7S/c1-12(30)27-22-28-16-10-8-14(19(32)20(16)37-22)18(31)13-7-9-15(26-11-13)17(21(33)36-24(2,3)4)25(5,6)29-23(34)35/h7,9,11,17,29,32H,8,10H2,1-6H3,(H,34,35)(H,27,28,30). The number of hydrogen-bond donors (Lipinski definition) is 4. The Bertz CT molecular complexity index is 1270. The van der Waals surface area contributed by atoms with E-state index in [4.69, 9.17) is 4.74 Å². The van der Waals surface area contributed by atoms with E-state index >= 15 is 0 Å². The van der Waals surface area contributed by atoms with Crippen molar-refractivity contribution in [1.29, 1.82) is 0 Å². The molecule has 2 aromatic heterocycles. The number of carbonyl (C=O) groups is 4. The first-order valence-electron chi connectivity index (χ1n) is 11.5. The van der Waals surface area contributed by atoms with E-state index in [1.807, 2.05) is 0 Å². The zero-order valence-electron chi connectivity index (χ0n) is 21.5. The van der Waals surface area contributed by atoms with E-state index in [0.717, 1.165) is 11.3 Å². The Balaban J connectivity index is 1.92. The quantitative estimate of drug-likeness (QED) is 0.305. The van der Waals surface area contributed by atoms with Crippen molar-refractivity contribution >= 4 is 46.0 Å². The third kappa shape index (κ3) is 6.50. The molecule has 2 aromatic rings. The van der Waals surface area contributed by atoms with Gasteiger partial charge in [-0.05, 0) is 59.6 Å². The number of aliphatic hydroxyl groups is 1. The molecule has 1 unspecified atom stereocenters. The molecule has 3 rings (SSSR count). The van der Waals surface area contributed by atoms with Gasteiger partial charge in [-0.25, -0.2) is 9.78 Å². The number of ketones is 1. The number of pyridine rings is 1. The van der Waals surface area contributed by atoms with Gasteiger partial charge in [-0.2, -0.15) is 0 Å². The van der Waals surface area contributed by atoms with Gasteiger partial charge in [-0.15, -0.1) is 0 Å². The first-order chi connectivity index (χ1) is 17.1. The Kier molecular flexibility index (Phi) is 7.72. The summed E-state index contributed by atoms with van der Waals surface area (Å²) in [6, 6.07) is 2.95. The van der Waals surface area contributed by atoms with Gasteiger partial charge in [-0.1, -0.05) is 11.3 Å². The van der Waals surface area contributed by atoms with E-state index in [-0.39, 0.29) is 34.9 Å². The number of nitrogens with zero attached hydrogens (tertiary/aromatic N) is 2. The molecule has 2 amide bonds. The molecule has 0 fully saturated rings. The number of thiazole rings is 1. The van der Waals surface area contributed by atoms with E-state index in [1.165, 1.54) is 25.3 Å². The number of rotatable bonds is 7. The van der Waals surface area contributed by atoms with Crippen molar-refractivity contribution in [3.05, 3.63) is 45.7 Å². The molecule has 12 heteroatoms. The van der Waals surface area contributed by atoms with Crippen LogP contribution < -0.4 is 10.6 Å². The van der Waals surface area contributed by atoms with Crippen LogP contribution in [-0.2, 0) is 20.7 Å². The molecular formula is C25H30N4O7S. The predicted octanol–water partition coefficient (Wildman–Crippen LogP) is 4.07. The third-order valence-electron chi connectivity index (χ3n) is 5.50. The summed E-state index contributed by atoms with van der Waals surface area (Å²) in [4.78, 5) is 58.0. The Morgan fingerprint density at radius 2 is 1.78 bits per heavy atom. The van der Waals surface area contributed by atoms with Crippen molar-refractivity contribution in [3.63, 3.8) is 0 Å². The van der Waals surface area contributed by atoms with Crippen molar-refractivity contribution in [3.8, 4) is 0 Å². The average Bonchev–Trinajstić information content (AvgIpc) is 3.14. The number of Topliss-reactive ketones (excluding diaryl/α,β-unsaturated/α-hetero) is 1. The molecular weight excluding hydrogens is 500 g/mol. The summed E-state index contributed by atoms with van der Waals surface area (Å²) in [5, 5.41) is 25.3. The van der Waals surface area contributed by atoms with Gasteiger partial charge in [0.1, 0.15) is 17.3 Å². The van der Waals surface area contributed by atoms with Crippen LogP contribution in [0, 0.1) is 0 Å². The van der Waals surface area contributed by atoms with Gasteiger partial charge in [0.15, 0.2) is 10.9 Å². The topological polar surface area (TPSA) is 168 Å². The minimum absolute atomic E-state index is 0.187. The maximum atomic E-state index is 13.2. The highest BCUT2D eigenvalue weighted by Gasteiger charge is 2.41. The second-order valence-corrected chi connectivity index (χ2v) is 11.2. The highest BCUT2D eigenvalue weighted by molar-refractivity contribution is 7.16. The number of amides is 2. The van der Waals surface area contributed by atoms with Crippen molar-refractivity contribution in [2.45, 2.75) is 71.4 Å². The molecule has 1 aliphatic carbocycles. The summed E-state index contributed by atoms with van der Waals surface area (Å²) in [6.07, 6.45) is 0.641. The number of allylic oxidation sites excluding steroid dienone is 1. The second-order valence-electron chi connectivity index (χ2n) is 10.2. The Hall–Kier alpha value is -3.80. The summed E-state index contributed by atoms with van der Waals surface area (Å²) >= 11 is 1.08. The summed E-state index contributed by atoms with van der Waals surface area (Å²) in [5.41, 5.74) is -0.889. The molecule has 198 valence electrons. The molecule has 0 spiro atoms. The number of anilines is 1. The summed E-state index contributed by atoms with van der Waals surface area (Å²) in [5.74, 6) is -2.68. The van der Waals surface area contributed by atoms with Crippen LogP contribution in [0.25, 0.3) is 5.76 Å². The van der Waals surface area contributed by atoms with Gasteiger partial charge in [0, 0.05) is 24.3 Å². The molecule has 37 heavy (non-hydrogen) atoms. The lowest BCUT2D eigenvalue weighted by molar-refractivity contribution is -0.158. The van der Waals surface area contributed by atoms with Gasteiger partial charge in [0.25, 0.3) is 0 Å². The van der Waals surface area contributed by atoms with Crippen molar-refractivity contribution < 1.29 is 34.1 Å². The second kappa shape index (κ2) is 10.3. The van der Waals surface area contributed by atoms with E-state index in [0.29, 0.717) is 22.1 Å². The van der Waals surface area contributed by atoms with Crippen LogP contribution in [0.15, 0.2) is 23.9 Å². The molecule has 11 nitrogen and oxygen atoms in total. The Morgan fingerprint density at radius 3 is 2.32 bits per heavy atom. The SMILES string of the molecule is CC(=O)Nc1nc2c(s1)C(O)=C(C(=O)c1ccc(C(C(=O)OC(C)(C)C)C(C)(C)NC(=O)O)nc1)CC2. The smallest absolute Gasteiger partial charge is 0.405 e. The van der Waals surface area contributed by atoms with Crippen LogP contribution >= 0.6 is 11.3 Å². The number of fused-ring (bicyclic) bond motifs is 1. The van der Waals surface area contributed by atoms with Crippen molar-refractivity contribution in [2.24, 2.45) is 0 Å². The number of carboxylic acid groups (broad SMARTS) is 1. The molecule has 0 aromatic carbocycles. The maximum Gasteiger partial charge on any atom is 0.405 e. The van der Waals surface area contributed by atoms with Crippen LogP contribution in [0.5, 0.6) is 0 Å². The minimum atomic E-state index is -1.31. The summed E-state index contributed by atoms with van der Waals surface area (Å²) < 4.78 is 5.52. The van der Waals surface area contributed by atoms with Crippen LogP contribution in [0.2, 0.25) is 0 Å². The molecule has 2 heterocycles. The Morgan fingerprint density at radius 1 is 1.11 bits per heavy atom. The molecule has 0 saturated carbocycles. The number of nitrogens with one attached hydrogen (secondary N) is 2. The Labute approximate surface area is 218 Å². The zero-order valence-corrected chi connectivity index (χ0v) is 22.3. The van der Waals surface area contributed by atoms with E-state index in [9.17, 15) is 29.4 Å². The normalized spacial score (nSPS) is 14.4. The van der Waals surface area contributed by atoms with Crippen LogP contribution in [0.3, 0.4) is 0 Å².